The van der Waals surface area contributed by atoms with Crippen LogP contribution in [0, 0.1) is 6.92 Å². The lowest BCUT2D eigenvalue weighted by Gasteiger charge is -2.03. The first-order valence-corrected chi connectivity index (χ1v) is 8.23. The van der Waals surface area contributed by atoms with Gasteiger partial charge in [0.25, 0.3) is 0 Å². The van der Waals surface area contributed by atoms with E-state index in [9.17, 15) is 0 Å². The van der Waals surface area contributed by atoms with Crippen LogP contribution in [0.3, 0.4) is 0 Å². The van der Waals surface area contributed by atoms with Gasteiger partial charge in [-0.25, -0.2) is 0 Å². The van der Waals surface area contributed by atoms with Crippen LogP contribution in [0.1, 0.15) is 23.1 Å². The standard InChI is InChI=1S/C16H17N5OS/c1-3-9-21-12(2)18-19-16(21)23-11-14-17-15(22-20-14)10-13-7-5-4-6-8-13/h3-8H,1,9-11H2,2H3. The Morgan fingerprint density at radius 3 is 2.87 bits per heavy atom. The first kappa shape index (κ1) is 15.5. The molecule has 1 aromatic carbocycles. The molecule has 0 aliphatic heterocycles. The van der Waals surface area contributed by atoms with Gasteiger partial charge in [-0.3, -0.25) is 0 Å². The maximum atomic E-state index is 5.31. The zero-order valence-corrected chi connectivity index (χ0v) is 13.7. The van der Waals surface area contributed by atoms with Crippen molar-refractivity contribution in [2.45, 2.75) is 30.8 Å². The number of hydrogen-bond acceptors (Lipinski definition) is 6. The van der Waals surface area contributed by atoms with Crippen molar-refractivity contribution in [3.05, 3.63) is 66.1 Å². The molecular formula is C16H17N5OS. The van der Waals surface area contributed by atoms with Crippen molar-refractivity contribution >= 4 is 11.8 Å². The highest BCUT2D eigenvalue weighted by Crippen LogP contribution is 2.21. The van der Waals surface area contributed by atoms with Crippen LogP contribution in [0.5, 0.6) is 0 Å². The number of rotatable bonds is 7. The van der Waals surface area contributed by atoms with E-state index in [1.165, 1.54) is 11.8 Å². The Kier molecular flexibility index (Phi) is 4.87. The average molecular weight is 327 g/mol. The number of thioether (sulfide) groups is 1. The third kappa shape index (κ3) is 3.87. The van der Waals surface area contributed by atoms with Crippen LogP contribution >= 0.6 is 11.8 Å². The minimum atomic E-state index is 0.591. The SMILES string of the molecule is C=CCn1c(C)nnc1SCc1noc(Cc2ccccc2)n1. The monoisotopic (exact) mass is 327 g/mol. The number of hydrogen-bond donors (Lipinski definition) is 0. The Morgan fingerprint density at radius 1 is 1.26 bits per heavy atom. The van der Waals surface area contributed by atoms with E-state index < -0.39 is 0 Å². The third-order valence-corrected chi connectivity index (χ3v) is 4.21. The van der Waals surface area contributed by atoms with Crippen molar-refractivity contribution in [3.8, 4) is 0 Å². The topological polar surface area (TPSA) is 69.6 Å². The first-order chi connectivity index (χ1) is 11.3. The molecule has 0 spiro atoms. The molecule has 7 heteroatoms. The van der Waals surface area contributed by atoms with Gasteiger partial charge in [0.15, 0.2) is 11.0 Å². The fourth-order valence-corrected chi connectivity index (χ4v) is 2.96. The zero-order chi connectivity index (χ0) is 16.1. The molecule has 2 heterocycles. The van der Waals surface area contributed by atoms with Crippen LogP contribution in [0.25, 0.3) is 0 Å². The quantitative estimate of drug-likeness (QED) is 0.491. The summed E-state index contributed by atoms with van der Waals surface area (Å²) < 4.78 is 7.31. The van der Waals surface area contributed by atoms with Crippen LogP contribution in [0.15, 0.2) is 52.7 Å². The number of nitrogens with zero attached hydrogens (tertiary/aromatic N) is 5. The highest BCUT2D eigenvalue weighted by molar-refractivity contribution is 7.98. The number of aryl methyl sites for hydroxylation is 1. The minimum absolute atomic E-state index is 0.591. The van der Waals surface area contributed by atoms with E-state index in [0.29, 0.717) is 30.4 Å². The highest BCUT2D eigenvalue weighted by Gasteiger charge is 2.12. The lowest BCUT2D eigenvalue weighted by molar-refractivity contribution is 0.381. The van der Waals surface area contributed by atoms with Crippen LogP contribution in [0.2, 0.25) is 0 Å². The molecule has 23 heavy (non-hydrogen) atoms. The summed E-state index contributed by atoms with van der Waals surface area (Å²) in [4.78, 5) is 4.43. The molecule has 6 nitrogen and oxygen atoms in total. The molecule has 0 N–H and O–H groups in total. The van der Waals surface area contributed by atoms with E-state index in [2.05, 4.69) is 26.9 Å². The van der Waals surface area contributed by atoms with Crippen molar-refractivity contribution in [3.63, 3.8) is 0 Å². The van der Waals surface area contributed by atoms with Gasteiger partial charge >= 0.3 is 0 Å². The second-order valence-corrected chi connectivity index (χ2v) is 5.93. The van der Waals surface area contributed by atoms with E-state index in [1.54, 1.807) is 0 Å². The first-order valence-electron chi connectivity index (χ1n) is 7.25. The molecule has 0 saturated heterocycles. The van der Waals surface area contributed by atoms with Crippen molar-refractivity contribution in [1.82, 2.24) is 24.9 Å². The van der Waals surface area contributed by atoms with Gasteiger partial charge in [-0.2, -0.15) is 4.98 Å². The van der Waals surface area contributed by atoms with Gasteiger partial charge < -0.3 is 9.09 Å². The summed E-state index contributed by atoms with van der Waals surface area (Å²) in [5, 5.41) is 13.1. The van der Waals surface area contributed by atoms with E-state index in [1.807, 2.05) is 47.9 Å². The molecule has 3 aromatic rings. The fraction of sp³-hybridized carbons (Fsp3) is 0.250. The van der Waals surface area contributed by atoms with E-state index in [0.717, 1.165) is 16.5 Å². The van der Waals surface area contributed by atoms with Gasteiger partial charge in [-0.15, -0.1) is 16.8 Å². The Morgan fingerprint density at radius 2 is 2.09 bits per heavy atom. The smallest absolute Gasteiger partial charge is 0.231 e. The molecule has 0 bridgehead atoms. The molecule has 0 fully saturated rings. The normalized spacial score (nSPS) is 10.8. The highest BCUT2D eigenvalue weighted by atomic mass is 32.2. The average Bonchev–Trinajstić information content (AvgIpc) is 3.15. The summed E-state index contributed by atoms with van der Waals surface area (Å²) in [5.41, 5.74) is 1.15. The lowest BCUT2D eigenvalue weighted by atomic mass is 10.1. The molecule has 0 unspecified atom stereocenters. The maximum absolute atomic E-state index is 5.31. The predicted molar refractivity (Wildman–Crippen MR) is 88.1 cm³/mol. The van der Waals surface area contributed by atoms with Gasteiger partial charge in [0, 0.05) is 6.54 Å². The second kappa shape index (κ2) is 7.23. The molecule has 0 saturated carbocycles. The molecule has 0 aliphatic rings. The van der Waals surface area contributed by atoms with Gasteiger partial charge in [0.05, 0.1) is 12.2 Å². The summed E-state index contributed by atoms with van der Waals surface area (Å²) in [6.45, 7) is 6.36. The number of benzene rings is 1. The van der Waals surface area contributed by atoms with Crippen LogP contribution < -0.4 is 0 Å². The summed E-state index contributed by atoms with van der Waals surface area (Å²) >= 11 is 1.54. The van der Waals surface area contributed by atoms with E-state index >= 15 is 0 Å². The molecule has 3 rings (SSSR count). The second-order valence-electron chi connectivity index (χ2n) is 4.98. The number of allylic oxidation sites excluding steroid dienone is 1. The maximum Gasteiger partial charge on any atom is 0.231 e. The van der Waals surface area contributed by atoms with Crippen LogP contribution in [-0.4, -0.2) is 24.9 Å². The molecule has 0 atom stereocenters. The minimum Gasteiger partial charge on any atom is -0.339 e. The molecular weight excluding hydrogens is 310 g/mol. The van der Waals surface area contributed by atoms with Gasteiger partial charge in [0.1, 0.15) is 5.82 Å². The summed E-state index contributed by atoms with van der Waals surface area (Å²) in [6.07, 6.45) is 2.47. The molecule has 118 valence electrons. The largest absolute Gasteiger partial charge is 0.339 e. The van der Waals surface area contributed by atoms with Crippen molar-refractivity contribution in [1.29, 1.82) is 0 Å². The van der Waals surface area contributed by atoms with Gasteiger partial charge in [0.2, 0.25) is 5.89 Å². The van der Waals surface area contributed by atoms with Gasteiger partial charge in [-0.1, -0.05) is 53.3 Å². The molecule has 0 radical (unpaired) electrons. The van der Waals surface area contributed by atoms with E-state index in [-0.39, 0.29) is 0 Å². The Bertz CT molecular complexity index is 781. The van der Waals surface area contributed by atoms with Crippen molar-refractivity contribution in [2.24, 2.45) is 0 Å². The fourth-order valence-electron chi connectivity index (χ4n) is 2.13. The summed E-state index contributed by atoms with van der Waals surface area (Å²) in [5.74, 6) is 2.74. The van der Waals surface area contributed by atoms with E-state index in [4.69, 9.17) is 4.52 Å². The Balaban J connectivity index is 1.62. The zero-order valence-electron chi connectivity index (χ0n) is 12.8. The number of aromatic nitrogens is 5. The Labute approximate surface area is 138 Å². The molecule has 0 amide bonds. The van der Waals surface area contributed by atoms with Crippen LogP contribution in [0.4, 0.5) is 0 Å². The van der Waals surface area contributed by atoms with Crippen LogP contribution in [-0.2, 0) is 18.7 Å². The summed E-state index contributed by atoms with van der Waals surface area (Å²) in [6, 6.07) is 10.1. The summed E-state index contributed by atoms with van der Waals surface area (Å²) in [7, 11) is 0. The third-order valence-electron chi connectivity index (χ3n) is 3.25. The Hall–Kier alpha value is -2.41. The van der Waals surface area contributed by atoms with Gasteiger partial charge in [-0.05, 0) is 12.5 Å². The van der Waals surface area contributed by atoms with Crippen molar-refractivity contribution in [2.75, 3.05) is 0 Å². The molecule has 0 aliphatic carbocycles. The molecule has 2 aromatic heterocycles. The van der Waals surface area contributed by atoms with Crippen molar-refractivity contribution < 1.29 is 4.52 Å². The predicted octanol–water partition coefficient (Wildman–Crippen LogP) is 3.04. The lowest BCUT2D eigenvalue weighted by Crippen LogP contribution is -2.00.